The fourth-order valence-corrected chi connectivity index (χ4v) is 1.53. The molecular weight excluding hydrogens is 268 g/mol. The molecule has 0 bridgehead atoms. The quantitative estimate of drug-likeness (QED) is 0.866. The van der Waals surface area contributed by atoms with Crippen LogP contribution in [0.3, 0.4) is 0 Å². The van der Waals surface area contributed by atoms with E-state index < -0.39 is 25.0 Å². The van der Waals surface area contributed by atoms with E-state index >= 15 is 0 Å². The van der Waals surface area contributed by atoms with Crippen LogP contribution < -0.4 is 5.32 Å². The first-order valence-electron chi connectivity index (χ1n) is 5.90. The van der Waals surface area contributed by atoms with Gasteiger partial charge in [0.05, 0.1) is 12.2 Å². The molecule has 0 saturated carbocycles. The summed E-state index contributed by atoms with van der Waals surface area (Å²) in [6.45, 7) is -2.24. The van der Waals surface area contributed by atoms with E-state index in [9.17, 15) is 13.6 Å². The van der Waals surface area contributed by atoms with Gasteiger partial charge in [-0.25, -0.2) is 13.5 Å². The normalized spacial score (nSPS) is 11.3. The number of para-hydroxylation sites is 1. The van der Waals surface area contributed by atoms with E-state index in [1.54, 1.807) is 18.3 Å². The first-order valence-corrected chi connectivity index (χ1v) is 5.90. The number of benzene rings is 1. The second-order valence-corrected chi connectivity index (χ2v) is 4.18. The molecule has 0 saturated heterocycles. The van der Waals surface area contributed by atoms with Crippen LogP contribution in [-0.2, 0) is 0 Å². The zero-order chi connectivity index (χ0) is 14.6. The summed E-state index contributed by atoms with van der Waals surface area (Å²) >= 11 is 0. The fraction of sp³-hybridized carbons (Fsp3) is 0.231. The summed E-state index contributed by atoms with van der Waals surface area (Å²) in [4.78, 5) is 11.7. The molecule has 0 fully saturated rings. The van der Waals surface area contributed by atoms with Gasteiger partial charge in [0.1, 0.15) is 6.61 Å². The minimum absolute atomic E-state index is 0.0302. The lowest BCUT2D eigenvalue weighted by Crippen LogP contribution is -2.39. The zero-order valence-corrected chi connectivity index (χ0v) is 10.5. The van der Waals surface area contributed by atoms with Crippen molar-refractivity contribution in [3.05, 3.63) is 48.3 Å². The molecule has 1 aromatic carbocycles. The fourth-order valence-electron chi connectivity index (χ4n) is 1.53. The van der Waals surface area contributed by atoms with Crippen molar-refractivity contribution in [2.75, 3.05) is 13.2 Å². The number of carbonyl (C=O) groups is 1. The maximum absolute atomic E-state index is 12.8. The number of rotatable bonds is 5. The summed E-state index contributed by atoms with van der Waals surface area (Å²) in [5.41, 5.74) is 0.787. The number of halogens is 2. The highest BCUT2D eigenvalue weighted by molar-refractivity contribution is 5.92. The van der Waals surface area contributed by atoms with E-state index in [1.165, 1.54) is 10.7 Å². The van der Waals surface area contributed by atoms with Gasteiger partial charge in [0.2, 0.25) is 0 Å². The molecule has 1 aromatic heterocycles. The van der Waals surface area contributed by atoms with Gasteiger partial charge < -0.3 is 10.4 Å². The van der Waals surface area contributed by atoms with Crippen molar-refractivity contribution in [3.8, 4) is 5.69 Å². The average Bonchev–Trinajstić information content (AvgIpc) is 2.96. The Kier molecular flexibility index (Phi) is 4.09. The third-order valence-electron chi connectivity index (χ3n) is 2.58. The van der Waals surface area contributed by atoms with Gasteiger partial charge in [0, 0.05) is 6.20 Å². The van der Waals surface area contributed by atoms with E-state index in [4.69, 9.17) is 5.11 Å². The van der Waals surface area contributed by atoms with E-state index in [0.29, 0.717) is 0 Å². The Hall–Kier alpha value is -2.28. The summed E-state index contributed by atoms with van der Waals surface area (Å²) in [5.74, 6) is -4.05. The van der Waals surface area contributed by atoms with Gasteiger partial charge in [-0.2, -0.15) is 5.10 Å². The molecule has 0 aliphatic rings. The van der Waals surface area contributed by atoms with Crippen LogP contribution in [0.1, 0.15) is 10.5 Å². The molecule has 20 heavy (non-hydrogen) atoms. The Bertz CT molecular complexity index is 584. The molecule has 2 rings (SSSR count). The third kappa shape index (κ3) is 3.39. The molecule has 7 heteroatoms. The largest absolute Gasteiger partial charge is 0.390 e. The van der Waals surface area contributed by atoms with Crippen molar-refractivity contribution >= 4 is 5.91 Å². The Morgan fingerprint density at radius 1 is 1.30 bits per heavy atom. The van der Waals surface area contributed by atoms with Gasteiger partial charge in [-0.05, 0) is 18.2 Å². The standard InChI is InChI=1S/C13H13F2N3O2/c14-13(15,9-19)8-16-12(20)11-6-7-18(17-11)10-4-2-1-3-5-10/h1-7,19H,8-9H2,(H,16,20). The predicted octanol–water partition coefficient (Wildman–Crippen LogP) is 1.23. The summed E-state index contributed by atoms with van der Waals surface area (Å²) in [6, 6.07) is 10.5. The van der Waals surface area contributed by atoms with E-state index in [0.717, 1.165) is 5.69 Å². The molecule has 1 heterocycles. The summed E-state index contributed by atoms with van der Waals surface area (Å²) in [6.07, 6.45) is 1.56. The number of amides is 1. The van der Waals surface area contributed by atoms with Crippen LogP contribution in [0.2, 0.25) is 0 Å². The molecule has 0 aliphatic carbocycles. The zero-order valence-electron chi connectivity index (χ0n) is 10.5. The topological polar surface area (TPSA) is 67.2 Å². The van der Waals surface area contributed by atoms with Crippen LogP contribution in [0, 0.1) is 0 Å². The first-order chi connectivity index (χ1) is 9.52. The number of hydrogen-bond acceptors (Lipinski definition) is 3. The van der Waals surface area contributed by atoms with E-state index in [-0.39, 0.29) is 5.69 Å². The molecule has 0 radical (unpaired) electrons. The van der Waals surface area contributed by atoms with Crippen LogP contribution in [0.15, 0.2) is 42.6 Å². The van der Waals surface area contributed by atoms with Crippen molar-refractivity contribution < 1.29 is 18.7 Å². The van der Waals surface area contributed by atoms with Gasteiger partial charge in [0.15, 0.2) is 5.69 Å². The highest BCUT2D eigenvalue weighted by Gasteiger charge is 2.28. The molecule has 0 spiro atoms. The first kappa shape index (κ1) is 14.1. The maximum atomic E-state index is 12.8. The molecule has 2 aromatic rings. The monoisotopic (exact) mass is 281 g/mol. The lowest BCUT2D eigenvalue weighted by molar-refractivity contribution is -0.0462. The van der Waals surface area contributed by atoms with E-state index in [1.807, 2.05) is 23.5 Å². The lowest BCUT2D eigenvalue weighted by atomic mass is 10.3. The molecule has 2 N–H and O–H groups in total. The molecule has 0 aliphatic heterocycles. The van der Waals surface area contributed by atoms with Crippen molar-refractivity contribution in [1.29, 1.82) is 0 Å². The molecule has 5 nitrogen and oxygen atoms in total. The lowest BCUT2D eigenvalue weighted by Gasteiger charge is -2.13. The SMILES string of the molecule is O=C(NCC(F)(F)CO)c1ccn(-c2ccccc2)n1. The van der Waals surface area contributed by atoms with Crippen molar-refractivity contribution in [3.63, 3.8) is 0 Å². The maximum Gasteiger partial charge on any atom is 0.287 e. The van der Waals surface area contributed by atoms with Crippen molar-refractivity contribution in [1.82, 2.24) is 15.1 Å². The number of alkyl halides is 2. The van der Waals surface area contributed by atoms with Crippen molar-refractivity contribution in [2.45, 2.75) is 5.92 Å². The number of hydrogen-bond donors (Lipinski definition) is 2. The van der Waals surface area contributed by atoms with Crippen molar-refractivity contribution in [2.24, 2.45) is 0 Å². The number of nitrogens with one attached hydrogen (secondary N) is 1. The van der Waals surface area contributed by atoms with Crippen LogP contribution in [0.4, 0.5) is 8.78 Å². The summed E-state index contributed by atoms with van der Waals surface area (Å²) in [7, 11) is 0. The third-order valence-corrected chi connectivity index (χ3v) is 2.58. The van der Waals surface area contributed by atoms with Gasteiger partial charge in [-0.1, -0.05) is 18.2 Å². The van der Waals surface area contributed by atoms with Crippen LogP contribution in [0.5, 0.6) is 0 Å². The number of carbonyl (C=O) groups excluding carboxylic acids is 1. The van der Waals surface area contributed by atoms with Gasteiger partial charge >= 0.3 is 0 Å². The van der Waals surface area contributed by atoms with Crippen LogP contribution in [-0.4, -0.2) is 39.9 Å². The second-order valence-electron chi connectivity index (χ2n) is 4.18. The average molecular weight is 281 g/mol. The smallest absolute Gasteiger partial charge is 0.287 e. The second kappa shape index (κ2) is 5.79. The highest BCUT2D eigenvalue weighted by Crippen LogP contribution is 2.11. The van der Waals surface area contributed by atoms with Crippen LogP contribution in [0.25, 0.3) is 5.69 Å². The number of nitrogens with zero attached hydrogens (tertiary/aromatic N) is 2. The molecular formula is C13H13F2N3O2. The minimum atomic E-state index is -3.34. The Labute approximate surface area is 113 Å². The van der Waals surface area contributed by atoms with Crippen LogP contribution >= 0.6 is 0 Å². The Balaban J connectivity index is 2.04. The summed E-state index contributed by atoms with van der Waals surface area (Å²) in [5, 5.41) is 14.4. The number of aliphatic hydroxyl groups excluding tert-OH is 1. The predicted molar refractivity (Wildman–Crippen MR) is 67.9 cm³/mol. The Morgan fingerprint density at radius 2 is 2.00 bits per heavy atom. The Morgan fingerprint density at radius 3 is 2.65 bits per heavy atom. The van der Waals surface area contributed by atoms with Gasteiger partial charge in [0.25, 0.3) is 11.8 Å². The number of aromatic nitrogens is 2. The summed E-state index contributed by atoms with van der Waals surface area (Å²) < 4.78 is 27.1. The number of aliphatic hydroxyl groups is 1. The van der Waals surface area contributed by atoms with Gasteiger partial charge in [-0.15, -0.1) is 0 Å². The van der Waals surface area contributed by atoms with Gasteiger partial charge in [-0.3, -0.25) is 4.79 Å². The van der Waals surface area contributed by atoms with E-state index in [2.05, 4.69) is 5.10 Å². The minimum Gasteiger partial charge on any atom is -0.390 e. The highest BCUT2D eigenvalue weighted by atomic mass is 19.3. The molecule has 106 valence electrons. The molecule has 0 atom stereocenters. The molecule has 0 unspecified atom stereocenters. The molecule has 1 amide bonds.